The van der Waals surface area contributed by atoms with Gasteiger partial charge in [0.05, 0.1) is 11.0 Å². The van der Waals surface area contributed by atoms with Crippen molar-refractivity contribution in [2.24, 2.45) is 0 Å². The Bertz CT molecular complexity index is 761. The minimum atomic E-state index is -0.696. The van der Waals surface area contributed by atoms with Crippen LogP contribution in [0.15, 0.2) is 42.5 Å². The standard InChI is InChI=1S/C17H13NO3/c1-2-5-16(19)17-13-7-4-3-6-12(13)15-10-11(18(20)21)8-9-14(15)17/h1,3-4,6-10,16-17,19H,5H2. The number of hydrogen-bond acceptors (Lipinski definition) is 3. The van der Waals surface area contributed by atoms with E-state index in [4.69, 9.17) is 6.42 Å². The highest BCUT2D eigenvalue weighted by Gasteiger charge is 2.34. The Kier molecular flexibility index (Phi) is 3.20. The zero-order valence-corrected chi connectivity index (χ0v) is 11.2. The molecule has 0 saturated heterocycles. The maximum absolute atomic E-state index is 11.0. The van der Waals surface area contributed by atoms with Gasteiger partial charge in [0.2, 0.25) is 0 Å². The summed E-state index contributed by atoms with van der Waals surface area (Å²) in [5.74, 6) is 2.25. The van der Waals surface area contributed by atoms with Gasteiger partial charge < -0.3 is 5.11 Å². The van der Waals surface area contributed by atoms with Crippen LogP contribution in [0.25, 0.3) is 11.1 Å². The summed E-state index contributed by atoms with van der Waals surface area (Å²) in [6.45, 7) is 0. The van der Waals surface area contributed by atoms with Crippen molar-refractivity contribution in [1.82, 2.24) is 0 Å². The zero-order valence-electron chi connectivity index (χ0n) is 11.2. The fraction of sp³-hybridized carbons (Fsp3) is 0.176. The van der Waals surface area contributed by atoms with E-state index in [1.165, 1.54) is 6.07 Å². The highest BCUT2D eigenvalue weighted by Crippen LogP contribution is 2.47. The van der Waals surface area contributed by atoms with Crippen molar-refractivity contribution in [3.63, 3.8) is 0 Å². The number of terminal acetylenes is 1. The van der Waals surface area contributed by atoms with Gasteiger partial charge in [0.25, 0.3) is 5.69 Å². The second-order valence-corrected chi connectivity index (χ2v) is 5.07. The molecule has 0 heterocycles. The summed E-state index contributed by atoms with van der Waals surface area (Å²) in [5, 5.41) is 21.3. The van der Waals surface area contributed by atoms with Crippen LogP contribution in [0.4, 0.5) is 5.69 Å². The quantitative estimate of drug-likeness (QED) is 0.533. The first-order valence-electron chi connectivity index (χ1n) is 6.62. The molecule has 2 aromatic rings. The van der Waals surface area contributed by atoms with Gasteiger partial charge in [0.1, 0.15) is 0 Å². The van der Waals surface area contributed by atoms with Crippen LogP contribution < -0.4 is 0 Å². The van der Waals surface area contributed by atoms with Gasteiger partial charge in [-0.15, -0.1) is 12.3 Å². The lowest BCUT2D eigenvalue weighted by atomic mass is 9.90. The molecule has 3 rings (SSSR count). The third-order valence-corrected chi connectivity index (χ3v) is 3.88. The average molecular weight is 279 g/mol. The van der Waals surface area contributed by atoms with Crippen LogP contribution >= 0.6 is 0 Å². The number of hydrogen-bond donors (Lipinski definition) is 1. The molecule has 0 fully saturated rings. The van der Waals surface area contributed by atoms with Gasteiger partial charge in [-0.1, -0.05) is 30.3 Å². The summed E-state index contributed by atoms with van der Waals surface area (Å²) in [6.07, 6.45) is 4.85. The van der Waals surface area contributed by atoms with E-state index < -0.39 is 11.0 Å². The average Bonchev–Trinajstić information content (AvgIpc) is 2.81. The van der Waals surface area contributed by atoms with Crippen molar-refractivity contribution < 1.29 is 10.0 Å². The van der Waals surface area contributed by atoms with E-state index in [-0.39, 0.29) is 18.0 Å². The molecule has 1 aliphatic rings. The number of benzene rings is 2. The molecule has 4 heteroatoms. The molecule has 2 atom stereocenters. The van der Waals surface area contributed by atoms with E-state index in [1.807, 2.05) is 24.3 Å². The minimum absolute atomic E-state index is 0.0515. The van der Waals surface area contributed by atoms with Crippen LogP contribution in [0.2, 0.25) is 0 Å². The van der Waals surface area contributed by atoms with E-state index in [0.29, 0.717) is 0 Å². The molecule has 4 nitrogen and oxygen atoms in total. The molecular weight excluding hydrogens is 266 g/mol. The summed E-state index contributed by atoms with van der Waals surface area (Å²) >= 11 is 0. The predicted octanol–water partition coefficient (Wildman–Crippen LogP) is 3.09. The number of fused-ring (bicyclic) bond motifs is 3. The van der Waals surface area contributed by atoms with E-state index in [0.717, 1.165) is 22.3 Å². The monoisotopic (exact) mass is 279 g/mol. The fourth-order valence-corrected chi connectivity index (χ4v) is 3.00. The first-order valence-corrected chi connectivity index (χ1v) is 6.62. The van der Waals surface area contributed by atoms with Crippen LogP contribution in [-0.4, -0.2) is 16.1 Å². The van der Waals surface area contributed by atoms with E-state index in [1.54, 1.807) is 12.1 Å². The SMILES string of the molecule is C#CCC(O)C1c2ccccc2-c2cc([N+](=O)[O-])ccc21. The van der Waals surface area contributed by atoms with Gasteiger partial charge in [-0.25, -0.2) is 0 Å². The van der Waals surface area contributed by atoms with Crippen molar-refractivity contribution in [2.45, 2.75) is 18.4 Å². The predicted molar refractivity (Wildman–Crippen MR) is 79.8 cm³/mol. The lowest BCUT2D eigenvalue weighted by Gasteiger charge is -2.18. The third-order valence-electron chi connectivity index (χ3n) is 3.88. The number of aliphatic hydroxyl groups is 1. The molecule has 21 heavy (non-hydrogen) atoms. The van der Waals surface area contributed by atoms with Gasteiger partial charge in [0.15, 0.2) is 0 Å². The van der Waals surface area contributed by atoms with Crippen molar-refractivity contribution >= 4 is 5.69 Å². The van der Waals surface area contributed by atoms with E-state index >= 15 is 0 Å². The largest absolute Gasteiger partial charge is 0.391 e. The van der Waals surface area contributed by atoms with Crippen molar-refractivity contribution in [2.75, 3.05) is 0 Å². The molecule has 0 bridgehead atoms. The maximum Gasteiger partial charge on any atom is 0.270 e. The first-order chi connectivity index (χ1) is 10.1. The van der Waals surface area contributed by atoms with Crippen LogP contribution in [-0.2, 0) is 0 Å². The Morgan fingerprint density at radius 1 is 1.24 bits per heavy atom. The zero-order chi connectivity index (χ0) is 15.0. The lowest BCUT2D eigenvalue weighted by molar-refractivity contribution is -0.384. The number of aliphatic hydroxyl groups excluding tert-OH is 1. The fourth-order valence-electron chi connectivity index (χ4n) is 3.00. The molecular formula is C17H13NO3. The Balaban J connectivity index is 2.19. The molecule has 104 valence electrons. The lowest BCUT2D eigenvalue weighted by Crippen LogP contribution is -2.17. The van der Waals surface area contributed by atoms with Crippen molar-refractivity contribution in [1.29, 1.82) is 0 Å². The topological polar surface area (TPSA) is 63.4 Å². The number of rotatable bonds is 3. The summed E-state index contributed by atoms with van der Waals surface area (Å²) in [4.78, 5) is 10.6. The van der Waals surface area contributed by atoms with Gasteiger partial charge in [-0.2, -0.15) is 0 Å². The second-order valence-electron chi connectivity index (χ2n) is 5.07. The molecule has 1 aliphatic carbocycles. The number of nitrogens with zero attached hydrogens (tertiary/aromatic N) is 1. The van der Waals surface area contributed by atoms with Crippen molar-refractivity contribution in [3.8, 4) is 23.5 Å². The molecule has 2 unspecified atom stereocenters. The Hall–Kier alpha value is -2.64. The van der Waals surface area contributed by atoms with Gasteiger partial charge >= 0.3 is 0 Å². The Morgan fingerprint density at radius 2 is 1.95 bits per heavy atom. The van der Waals surface area contributed by atoms with Crippen LogP contribution in [0.1, 0.15) is 23.5 Å². The Morgan fingerprint density at radius 3 is 2.67 bits per heavy atom. The second kappa shape index (κ2) is 5.04. The van der Waals surface area contributed by atoms with E-state index in [2.05, 4.69) is 5.92 Å². The van der Waals surface area contributed by atoms with Crippen LogP contribution in [0, 0.1) is 22.5 Å². The van der Waals surface area contributed by atoms with Crippen molar-refractivity contribution in [3.05, 3.63) is 63.7 Å². The number of nitro groups is 1. The summed E-state index contributed by atoms with van der Waals surface area (Å²) in [6, 6.07) is 12.4. The number of non-ortho nitro benzene ring substituents is 1. The van der Waals surface area contributed by atoms with Crippen LogP contribution in [0.3, 0.4) is 0 Å². The van der Waals surface area contributed by atoms with Gasteiger partial charge in [-0.3, -0.25) is 10.1 Å². The molecule has 0 saturated carbocycles. The Labute approximate surface area is 122 Å². The molecule has 0 amide bonds. The third kappa shape index (κ3) is 2.08. The molecule has 1 N–H and O–H groups in total. The first kappa shape index (κ1) is 13.3. The normalized spacial score (nSPS) is 16.7. The number of nitro benzene ring substituents is 1. The summed E-state index contributed by atoms with van der Waals surface area (Å²) in [5.41, 5.74) is 3.65. The minimum Gasteiger partial charge on any atom is -0.391 e. The molecule has 2 aromatic carbocycles. The summed E-state index contributed by atoms with van der Waals surface area (Å²) in [7, 11) is 0. The summed E-state index contributed by atoms with van der Waals surface area (Å²) < 4.78 is 0. The van der Waals surface area contributed by atoms with Gasteiger partial charge in [0, 0.05) is 24.5 Å². The van der Waals surface area contributed by atoms with E-state index in [9.17, 15) is 15.2 Å². The smallest absolute Gasteiger partial charge is 0.270 e. The highest BCUT2D eigenvalue weighted by atomic mass is 16.6. The molecule has 0 radical (unpaired) electrons. The molecule has 0 spiro atoms. The molecule has 0 aromatic heterocycles. The van der Waals surface area contributed by atoms with Crippen LogP contribution in [0.5, 0.6) is 0 Å². The highest BCUT2D eigenvalue weighted by molar-refractivity contribution is 5.80. The molecule has 0 aliphatic heterocycles. The van der Waals surface area contributed by atoms with Gasteiger partial charge in [-0.05, 0) is 22.3 Å². The maximum atomic E-state index is 11.0.